The van der Waals surface area contributed by atoms with E-state index in [1.165, 1.54) is 6.07 Å². The van der Waals surface area contributed by atoms with Gasteiger partial charge in [0.1, 0.15) is 29.6 Å². The summed E-state index contributed by atoms with van der Waals surface area (Å²) in [7, 11) is 0. The van der Waals surface area contributed by atoms with Crippen molar-refractivity contribution < 1.29 is 27.2 Å². The van der Waals surface area contributed by atoms with E-state index in [2.05, 4.69) is 77.1 Å². The van der Waals surface area contributed by atoms with Crippen molar-refractivity contribution >= 4 is 131 Å². The van der Waals surface area contributed by atoms with Crippen LogP contribution in [0.1, 0.15) is 66.5 Å². The quantitative estimate of drug-likeness (QED) is 0.0265. The van der Waals surface area contributed by atoms with Gasteiger partial charge in [-0.3, -0.25) is 29.5 Å². The standard InChI is InChI=1S/C19H20FN5O.C19H18FN5.C18H19FN6O.C15H8ClFN4/c1-11(2)10-23-19-15(20)9-14(17(21)26)18(25-19)24-13-5-6-16-12(8-13)4-3-7-22-16;1-12(2)11-23-19-16(20)9-14(10-21)18(25-19)24-15-5-6-17-13(8-15)4-3-7-22-17;1-10(20)9-23-18-14(19)8-13(16(21)26)17(25-18)24-12-4-5-15-11(7-12)3-2-6-22-15;16-14-12(17)7-10(8-18)15(21-14)20-11-3-4-13-9(6-11)2-1-5-19-13/h3-9,11H,10H2,1-2H3,(H2,21,26)(H2,23,24,25);3-9,12H,11H2,1-2H3,(H2,23,24,25);2-8,10H,9,20H2,1H3,(H2,21,26)(H2,23,24,25);1-7H,(H,20,21)/t;;10-;/m..0./s1. The van der Waals surface area contributed by atoms with E-state index in [1.807, 2.05) is 149 Å². The first kappa shape index (κ1) is 69.9. The molecule has 98 heavy (non-hydrogen) atoms. The topological polar surface area (TPSA) is 347 Å². The molecule has 27 heteroatoms. The van der Waals surface area contributed by atoms with Crippen LogP contribution in [-0.2, 0) is 0 Å². The predicted molar refractivity (Wildman–Crippen MR) is 377 cm³/mol. The van der Waals surface area contributed by atoms with Gasteiger partial charge >= 0.3 is 0 Å². The summed E-state index contributed by atoms with van der Waals surface area (Å²) in [5.74, 6) is -2.31. The Bertz CT molecular complexity index is 4820. The van der Waals surface area contributed by atoms with Gasteiger partial charge in [0.05, 0.1) is 44.3 Å². The number of amides is 2. The molecule has 0 aliphatic heterocycles. The number of carbonyl (C=O) groups is 2. The van der Waals surface area contributed by atoms with Crippen molar-refractivity contribution in [2.24, 2.45) is 29.0 Å². The first-order chi connectivity index (χ1) is 47.1. The maximum Gasteiger partial charge on any atom is 0.252 e. The molecule has 12 aromatic rings. The van der Waals surface area contributed by atoms with Gasteiger partial charge in [-0.25, -0.2) is 37.5 Å². The average Bonchev–Trinajstić information content (AvgIpc) is 1.28. The van der Waals surface area contributed by atoms with Gasteiger partial charge in [-0.1, -0.05) is 63.6 Å². The number of rotatable bonds is 19. The van der Waals surface area contributed by atoms with Gasteiger partial charge in [0, 0.05) is 94.8 Å². The number of anilines is 11. The van der Waals surface area contributed by atoms with Gasteiger partial charge < -0.3 is 54.4 Å². The van der Waals surface area contributed by atoms with Crippen LogP contribution in [0, 0.1) is 57.8 Å². The van der Waals surface area contributed by atoms with Crippen molar-refractivity contribution in [1.82, 2.24) is 39.9 Å². The highest BCUT2D eigenvalue weighted by atomic mass is 35.5. The maximum absolute atomic E-state index is 14.2. The third-order valence-corrected chi connectivity index (χ3v) is 14.3. The second kappa shape index (κ2) is 32.6. The summed E-state index contributed by atoms with van der Waals surface area (Å²) in [4.78, 5) is 56.9. The molecule has 22 nitrogen and oxygen atoms in total. The van der Waals surface area contributed by atoms with Gasteiger partial charge in [-0.2, -0.15) is 10.5 Å². The molecular formula is C71H65ClF4N20O2. The maximum atomic E-state index is 14.2. The highest BCUT2D eigenvalue weighted by Gasteiger charge is 2.20. The fraction of sp³-hybridized carbons (Fsp3) is 0.155. The number of nitriles is 2. The van der Waals surface area contributed by atoms with Crippen LogP contribution in [0.5, 0.6) is 0 Å². The number of benzene rings is 4. The first-order valence-corrected chi connectivity index (χ1v) is 30.8. The van der Waals surface area contributed by atoms with Crippen LogP contribution in [0.2, 0.25) is 5.15 Å². The predicted octanol–water partition coefficient (Wildman–Crippen LogP) is 14.5. The summed E-state index contributed by atoms with van der Waals surface area (Å²) in [6.07, 6.45) is 6.87. The second-order valence-electron chi connectivity index (χ2n) is 22.8. The molecule has 8 aromatic heterocycles. The van der Waals surface area contributed by atoms with Crippen LogP contribution >= 0.6 is 11.6 Å². The van der Waals surface area contributed by atoms with Gasteiger partial charge in [0.25, 0.3) is 11.8 Å². The minimum absolute atomic E-state index is 0.00254. The number of carbonyl (C=O) groups excluding carboxylic acids is 2. The largest absolute Gasteiger partial charge is 0.367 e. The minimum Gasteiger partial charge on any atom is -0.367 e. The molecular weight excluding hydrogens is 1280 g/mol. The number of nitrogens with zero attached hydrogens (tertiary/aromatic N) is 10. The third-order valence-electron chi connectivity index (χ3n) is 14.0. The SMILES string of the molecule is CC(C)CNc1nc(Nc2ccc3ncccc3c2)c(C#N)cc1F.CC(C)CNc1nc(Nc2ccc3ncccc3c2)c(C(N)=O)cc1F.C[C@H](N)CNc1nc(Nc2ccc3ncccc3c2)c(C(N)=O)cc1F.N#Cc1cc(F)c(Cl)nc1Nc1ccc2ncccc2c1. The lowest BCUT2D eigenvalue weighted by Crippen LogP contribution is -2.26. The average molecular weight is 1340 g/mol. The molecule has 13 N–H and O–H groups in total. The van der Waals surface area contributed by atoms with E-state index in [1.54, 1.807) is 43.8 Å². The smallest absolute Gasteiger partial charge is 0.252 e. The molecule has 1 atom stereocenters. The van der Waals surface area contributed by atoms with Crippen LogP contribution in [0.4, 0.5) is 81.0 Å². The molecule has 0 aliphatic rings. The zero-order valence-corrected chi connectivity index (χ0v) is 54.2. The van der Waals surface area contributed by atoms with Gasteiger partial charge in [0.15, 0.2) is 51.7 Å². The van der Waals surface area contributed by atoms with Crippen molar-refractivity contribution in [1.29, 1.82) is 10.5 Å². The molecule has 12 rings (SSSR count). The molecule has 0 unspecified atom stereocenters. The molecule has 0 radical (unpaired) electrons. The summed E-state index contributed by atoms with van der Waals surface area (Å²) in [6, 6.07) is 45.3. The Morgan fingerprint density at radius 3 is 1.06 bits per heavy atom. The highest BCUT2D eigenvalue weighted by Crippen LogP contribution is 2.31. The van der Waals surface area contributed by atoms with E-state index in [0.29, 0.717) is 54.4 Å². The Labute approximate surface area is 565 Å². The van der Waals surface area contributed by atoms with E-state index in [-0.39, 0.29) is 68.4 Å². The number of hydrogen-bond acceptors (Lipinski definition) is 20. The Balaban J connectivity index is 0.000000153. The lowest BCUT2D eigenvalue weighted by atomic mass is 10.2. The van der Waals surface area contributed by atoms with E-state index >= 15 is 0 Å². The van der Waals surface area contributed by atoms with Crippen LogP contribution in [0.25, 0.3) is 43.6 Å². The van der Waals surface area contributed by atoms with Crippen molar-refractivity contribution in [3.63, 3.8) is 0 Å². The normalized spacial score (nSPS) is 11.0. The number of nitrogens with two attached hydrogens (primary N) is 3. The van der Waals surface area contributed by atoms with Crippen LogP contribution in [0.3, 0.4) is 0 Å². The number of hydrogen-bond donors (Lipinski definition) is 10. The fourth-order valence-electron chi connectivity index (χ4n) is 9.25. The molecule has 0 fully saturated rings. The van der Waals surface area contributed by atoms with E-state index in [4.69, 9.17) is 34.1 Å². The number of pyridine rings is 8. The molecule has 0 aliphatic carbocycles. The van der Waals surface area contributed by atoms with Gasteiger partial charge in [-0.15, -0.1) is 0 Å². The summed E-state index contributed by atoms with van der Waals surface area (Å²) >= 11 is 5.66. The number of halogens is 5. The molecule has 0 spiro atoms. The molecule has 0 saturated carbocycles. The monoisotopic (exact) mass is 1340 g/mol. The molecule has 0 saturated heterocycles. The lowest BCUT2D eigenvalue weighted by Gasteiger charge is -2.14. The summed E-state index contributed by atoms with van der Waals surface area (Å²) < 4.78 is 55.8. The summed E-state index contributed by atoms with van der Waals surface area (Å²) in [6.45, 7) is 11.3. The lowest BCUT2D eigenvalue weighted by molar-refractivity contribution is 0.0992. The molecule has 496 valence electrons. The first-order valence-electron chi connectivity index (χ1n) is 30.4. The van der Waals surface area contributed by atoms with Gasteiger partial charge in [0.2, 0.25) is 0 Å². The third kappa shape index (κ3) is 18.7. The number of primary amides is 2. The van der Waals surface area contributed by atoms with Crippen molar-refractivity contribution in [2.45, 2.75) is 40.7 Å². The molecule has 2 amide bonds. The summed E-state index contributed by atoms with van der Waals surface area (Å²) in [5, 5.41) is 42.7. The Kier molecular flexibility index (Phi) is 23.3. The molecule has 4 aromatic carbocycles. The van der Waals surface area contributed by atoms with Crippen LogP contribution in [-0.4, -0.2) is 77.4 Å². The van der Waals surface area contributed by atoms with Crippen molar-refractivity contribution in [3.8, 4) is 12.1 Å². The van der Waals surface area contributed by atoms with Crippen LogP contribution in [0.15, 0.2) is 170 Å². The zero-order valence-electron chi connectivity index (χ0n) is 53.4. The number of aromatic nitrogens is 8. The van der Waals surface area contributed by atoms with E-state index < -0.39 is 35.1 Å². The second-order valence-corrected chi connectivity index (χ2v) is 23.2. The Morgan fingerprint density at radius 1 is 0.429 bits per heavy atom. The minimum atomic E-state index is -0.778. The molecule has 0 bridgehead atoms. The number of fused-ring (bicyclic) bond motifs is 4. The van der Waals surface area contributed by atoms with Crippen molar-refractivity contribution in [2.75, 3.05) is 56.9 Å². The highest BCUT2D eigenvalue weighted by molar-refractivity contribution is 6.29. The molecule has 8 heterocycles. The zero-order chi connectivity index (χ0) is 70.0. The van der Waals surface area contributed by atoms with Gasteiger partial charge in [-0.05, 0) is 140 Å². The Hall–Kier alpha value is -12.4. The summed E-state index contributed by atoms with van der Waals surface area (Å²) in [5.41, 5.74) is 22.9. The van der Waals surface area contributed by atoms with E-state index in [0.717, 1.165) is 67.5 Å². The van der Waals surface area contributed by atoms with Crippen molar-refractivity contribution in [3.05, 3.63) is 221 Å². The van der Waals surface area contributed by atoms with E-state index in [9.17, 15) is 32.4 Å². The van der Waals surface area contributed by atoms with Crippen LogP contribution < -0.4 is 54.4 Å². The Morgan fingerprint density at radius 2 is 0.735 bits per heavy atom. The number of nitrogens with one attached hydrogen (secondary N) is 7. The fourth-order valence-corrected chi connectivity index (χ4v) is 9.39.